The summed E-state index contributed by atoms with van der Waals surface area (Å²) in [6, 6.07) is 21.3. The number of likely N-dealkylation sites (tertiary alicyclic amines) is 1. The highest BCUT2D eigenvalue weighted by atomic mass is 79.9. The lowest BCUT2D eigenvalue weighted by Gasteiger charge is -2.39. The van der Waals surface area contributed by atoms with E-state index in [-0.39, 0.29) is 36.7 Å². The zero-order valence-electron chi connectivity index (χ0n) is 30.0. The monoisotopic (exact) mass is 783 g/mol. The van der Waals surface area contributed by atoms with Crippen molar-refractivity contribution in [2.24, 2.45) is 11.8 Å². The summed E-state index contributed by atoms with van der Waals surface area (Å²) in [4.78, 5) is 60.1. The Labute approximate surface area is 319 Å². The summed E-state index contributed by atoms with van der Waals surface area (Å²) in [5, 5.41) is 14.0. The number of allylic oxidation sites excluding steroid dienone is 1. The largest absolute Gasteiger partial charge is 0.463 e. The Kier molecular flexibility index (Phi) is 11.7. The van der Waals surface area contributed by atoms with Crippen molar-refractivity contribution in [3.8, 4) is 0 Å². The van der Waals surface area contributed by atoms with Crippen molar-refractivity contribution in [2.75, 3.05) is 24.7 Å². The summed E-state index contributed by atoms with van der Waals surface area (Å²) < 4.78 is 12.4. The Bertz CT molecular complexity index is 1860. The number of alkyl halides is 1. The van der Waals surface area contributed by atoms with E-state index in [0.717, 1.165) is 16.7 Å². The standard InChI is InChI=1S/C42H46BrN3O7/c1-5-7-18-34(48)52-25-31(28-14-10-8-11-15-28)44-39(49)35-36-40(50)46(33(24-47)29-16-12-9-13-17-29)38(42(36)23-30(43)37(35)53-42)41(51)45(21-6-2)32-22-26(3)19-20-27(32)4/h5-6,8-17,19-20,22,30-31,33,35-38,47H,1-2,7,18,21,23-25H2,3-4H3,(H,44,49)/t30?,31-,33-,35-,36+,37-,38-,42+/m1/s1. The fourth-order valence-electron chi connectivity index (χ4n) is 8.25. The van der Waals surface area contributed by atoms with Crippen molar-refractivity contribution >= 4 is 45.3 Å². The molecule has 11 heteroatoms. The number of amides is 3. The molecule has 3 aliphatic heterocycles. The third kappa shape index (κ3) is 7.22. The normalized spacial score (nSPS) is 25.3. The molecule has 3 aromatic carbocycles. The smallest absolute Gasteiger partial charge is 0.306 e. The minimum atomic E-state index is -1.40. The predicted octanol–water partition coefficient (Wildman–Crippen LogP) is 5.67. The van der Waals surface area contributed by atoms with Crippen molar-refractivity contribution in [2.45, 2.75) is 67.8 Å². The number of fused-ring (bicyclic) bond motifs is 1. The van der Waals surface area contributed by atoms with Gasteiger partial charge in [0.05, 0.1) is 36.6 Å². The highest BCUT2D eigenvalue weighted by Gasteiger charge is 2.77. The molecule has 3 fully saturated rings. The lowest BCUT2D eigenvalue weighted by atomic mass is 9.70. The second-order valence-corrected chi connectivity index (χ2v) is 15.2. The number of nitrogens with zero attached hydrogens (tertiary/aromatic N) is 2. The van der Waals surface area contributed by atoms with Gasteiger partial charge in [0.2, 0.25) is 11.8 Å². The van der Waals surface area contributed by atoms with Crippen LogP contribution in [-0.4, -0.2) is 76.0 Å². The van der Waals surface area contributed by atoms with Crippen molar-refractivity contribution in [3.63, 3.8) is 0 Å². The number of benzene rings is 3. The van der Waals surface area contributed by atoms with Crippen molar-refractivity contribution in [1.82, 2.24) is 10.2 Å². The molecule has 0 radical (unpaired) electrons. The first-order valence-corrected chi connectivity index (χ1v) is 18.9. The van der Waals surface area contributed by atoms with E-state index in [2.05, 4.69) is 34.4 Å². The van der Waals surface area contributed by atoms with Gasteiger partial charge in [0.15, 0.2) is 0 Å². The molecule has 278 valence electrons. The second kappa shape index (κ2) is 16.2. The van der Waals surface area contributed by atoms with Crippen LogP contribution >= 0.6 is 15.9 Å². The Hall–Kier alpha value is -4.58. The van der Waals surface area contributed by atoms with Gasteiger partial charge in [-0.25, -0.2) is 0 Å². The van der Waals surface area contributed by atoms with Gasteiger partial charge in [0, 0.05) is 23.5 Å². The second-order valence-electron chi connectivity index (χ2n) is 14.0. The van der Waals surface area contributed by atoms with Crippen LogP contribution in [0.25, 0.3) is 0 Å². The first kappa shape index (κ1) is 38.2. The number of ether oxygens (including phenoxy) is 2. The molecule has 1 unspecified atom stereocenters. The molecule has 3 saturated heterocycles. The van der Waals surface area contributed by atoms with Gasteiger partial charge < -0.3 is 29.7 Å². The molecule has 2 N–H and O–H groups in total. The SMILES string of the molecule is C=CCCC(=O)OC[C@@H](NC(=O)[C@H]1[C@@H]2O[C@@]3(CC2Br)[C@@H]1C(=O)N([C@H](CO)c1ccccc1)[C@@H]3C(=O)N(CC=C)c1cc(C)ccc1C)c1ccccc1. The summed E-state index contributed by atoms with van der Waals surface area (Å²) >= 11 is 3.77. The van der Waals surface area contributed by atoms with Gasteiger partial charge in [-0.15, -0.1) is 13.2 Å². The Balaban J connectivity index is 1.41. The fraction of sp³-hybridized carbons (Fsp3) is 0.381. The highest BCUT2D eigenvalue weighted by Crippen LogP contribution is 2.61. The van der Waals surface area contributed by atoms with Crippen LogP contribution in [0.15, 0.2) is 104 Å². The number of halogens is 1. The first-order valence-electron chi connectivity index (χ1n) is 18.0. The van der Waals surface area contributed by atoms with Crippen LogP contribution < -0.4 is 10.2 Å². The van der Waals surface area contributed by atoms with Crippen molar-refractivity contribution < 1.29 is 33.8 Å². The maximum absolute atomic E-state index is 15.3. The molecule has 6 rings (SSSR count). The van der Waals surface area contributed by atoms with E-state index in [0.29, 0.717) is 17.7 Å². The number of aliphatic hydroxyl groups excluding tert-OH is 1. The number of carbonyl (C=O) groups excluding carboxylic acids is 4. The number of anilines is 1. The van der Waals surface area contributed by atoms with E-state index >= 15 is 9.59 Å². The lowest BCUT2D eigenvalue weighted by Crippen LogP contribution is -2.58. The van der Waals surface area contributed by atoms with E-state index in [1.807, 2.05) is 92.7 Å². The van der Waals surface area contributed by atoms with Crippen LogP contribution in [0.1, 0.15) is 53.6 Å². The minimum Gasteiger partial charge on any atom is -0.463 e. The summed E-state index contributed by atoms with van der Waals surface area (Å²) in [5.74, 6) is -3.74. The molecular weight excluding hydrogens is 738 g/mol. The van der Waals surface area contributed by atoms with Crippen LogP contribution in [-0.2, 0) is 28.7 Å². The van der Waals surface area contributed by atoms with Crippen molar-refractivity contribution in [3.05, 3.63) is 126 Å². The molecule has 2 bridgehead atoms. The maximum Gasteiger partial charge on any atom is 0.306 e. The van der Waals surface area contributed by atoms with Gasteiger partial charge in [-0.1, -0.05) is 101 Å². The molecule has 3 aromatic rings. The van der Waals surface area contributed by atoms with Gasteiger partial charge in [0.25, 0.3) is 5.91 Å². The van der Waals surface area contributed by atoms with E-state index in [1.54, 1.807) is 17.1 Å². The Morgan fingerprint density at radius 1 is 1.06 bits per heavy atom. The number of nitrogens with one attached hydrogen (secondary N) is 1. The van der Waals surface area contributed by atoms with Crippen LogP contribution in [0.4, 0.5) is 5.69 Å². The topological polar surface area (TPSA) is 125 Å². The maximum atomic E-state index is 15.3. The van der Waals surface area contributed by atoms with Crippen molar-refractivity contribution in [1.29, 1.82) is 0 Å². The van der Waals surface area contributed by atoms with E-state index in [1.165, 1.54) is 4.90 Å². The molecule has 3 aliphatic rings. The van der Waals surface area contributed by atoms with Crippen LogP contribution in [0.5, 0.6) is 0 Å². The average molecular weight is 785 g/mol. The number of esters is 1. The van der Waals surface area contributed by atoms with Crippen LogP contribution in [0.3, 0.4) is 0 Å². The quantitative estimate of drug-likeness (QED) is 0.116. The van der Waals surface area contributed by atoms with E-state index < -0.39 is 66.1 Å². The van der Waals surface area contributed by atoms with Gasteiger partial charge in [-0.05, 0) is 55.0 Å². The molecule has 8 atom stereocenters. The van der Waals surface area contributed by atoms with Gasteiger partial charge in [0.1, 0.15) is 18.2 Å². The summed E-state index contributed by atoms with van der Waals surface area (Å²) in [5.41, 5.74) is 2.46. The highest BCUT2D eigenvalue weighted by molar-refractivity contribution is 9.09. The van der Waals surface area contributed by atoms with E-state index in [9.17, 15) is 14.7 Å². The third-order valence-electron chi connectivity index (χ3n) is 10.7. The molecule has 1 spiro atoms. The molecule has 53 heavy (non-hydrogen) atoms. The number of rotatable bonds is 15. The number of aryl methyl sites for hydroxylation is 2. The van der Waals surface area contributed by atoms with Gasteiger partial charge in [-0.2, -0.15) is 0 Å². The number of hydrogen-bond acceptors (Lipinski definition) is 7. The molecule has 0 aliphatic carbocycles. The Morgan fingerprint density at radius 3 is 2.38 bits per heavy atom. The molecule has 0 saturated carbocycles. The summed E-state index contributed by atoms with van der Waals surface area (Å²) in [6.07, 6.45) is 3.45. The molecule has 3 heterocycles. The first-order chi connectivity index (χ1) is 25.6. The van der Waals surface area contributed by atoms with Gasteiger partial charge in [-0.3, -0.25) is 19.2 Å². The minimum absolute atomic E-state index is 0.119. The fourth-order valence-corrected chi connectivity index (χ4v) is 9.19. The zero-order valence-corrected chi connectivity index (χ0v) is 31.6. The van der Waals surface area contributed by atoms with Crippen LogP contribution in [0, 0.1) is 25.7 Å². The lowest BCUT2D eigenvalue weighted by molar-refractivity contribution is -0.146. The summed E-state index contributed by atoms with van der Waals surface area (Å²) in [6.45, 7) is 11.0. The summed E-state index contributed by atoms with van der Waals surface area (Å²) in [7, 11) is 0. The third-order valence-corrected chi connectivity index (χ3v) is 11.5. The number of hydrogen-bond donors (Lipinski definition) is 2. The Morgan fingerprint density at radius 2 is 1.74 bits per heavy atom. The van der Waals surface area contributed by atoms with E-state index in [4.69, 9.17) is 9.47 Å². The predicted molar refractivity (Wildman–Crippen MR) is 205 cm³/mol. The van der Waals surface area contributed by atoms with Gasteiger partial charge >= 0.3 is 5.97 Å². The molecule has 0 aromatic heterocycles. The molecular formula is C42H46BrN3O7. The van der Waals surface area contributed by atoms with Crippen LogP contribution in [0.2, 0.25) is 0 Å². The zero-order chi connectivity index (χ0) is 37.9. The number of aliphatic hydroxyl groups is 1. The number of carbonyl (C=O) groups is 4. The molecule has 3 amide bonds. The average Bonchev–Trinajstić information content (AvgIpc) is 3.76. The molecule has 10 nitrogen and oxygen atoms in total.